The number of carbonyl (C=O) groups excluding carboxylic acids is 1. The van der Waals surface area contributed by atoms with E-state index in [0.29, 0.717) is 0 Å². The van der Waals surface area contributed by atoms with Crippen molar-refractivity contribution in [2.45, 2.75) is 25.3 Å². The summed E-state index contributed by atoms with van der Waals surface area (Å²) in [5.74, 6) is 0.207. The number of hydrogen-bond donors (Lipinski definition) is 2. The van der Waals surface area contributed by atoms with Gasteiger partial charge in [0.15, 0.2) is 5.78 Å². The summed E-state index contributed by atoms with van der Waals surface area (Å²) in [7, 11) is 0. The number of carbonyl (C=O) groups is 1. The van der Waals surface area contributed by atoms with Crippen LogP contribution in [0.4, 0.5) is 0 Å². The van der Waals surface area contributed by atoms with Gasteiger partial charge in [0.25, 0.3) is 0 Å². The van der Waals surface area contributed by atoms with Crippen LogP contribution in [0.3, 0.4) is 0 Å². The minimum Gasteiger partial charge on any atom is -0.360 e. The number of hydrogen-bond acceptors (Lipinski definition) is 2. The molecule has 0 radical (unpaired) electrons. The monoisotopic (exact) mass is 306 g/mol. The first-order chi connectivity index (χ1) is 8.75. The van der Waals surface area contributed by atoms with Crippen LogP contribution in [0.5, 0.6) is 0 Å². The Balaban J connectivity index is 1.98. The molecule has 3 rings (SSSR count). The van der Waals surface area contributed by atoms with E-state index in [1.807, 2.05) is 24.4 Å². The number of H-pyrrole nitrogens is 1. The molecule has 0 bridgehead atoms. The van der Waals surface area contributed by atoms with Gasteiger partial charge in [0.1, 0.15) is 0 Å². The number of rotatable bonds is 2. The molecule has 4 heteroatoms. The number of ketones is 1. The molecule has 2 aromatic rings. The minimum absolute atomic E-state index is 0.0169. The molecular formula is C14H15BrN2O. The number of Topliss-reactive ketones (excluding diaryl/α,β-unsaturated/α-hetero) is 1. The number of aromatic nitrogens is 1. The Morgan fingerprint density at radius 1 is 1.33 bits per heavy atom. The highest BCUT2D eigenvalue weighted by Crippen LogP contribution is 2.24. The van der Waals surface area contributed by atoms with Crippen LogP contribution in [0.1, 0.15) is 29.6 Å². The second-order valence-corrected chi connectivity index (χ2v) is 5.67. The van der Waals surface area contributed by atoms with E-state index in [4.69, 9.17) is 0 Å². The van der Waals surface area contributed by atoms with Crippen LogP contribution in [-0.2, 0) is 0 Å². The zero-order valence-electron chi connectivity index (χ0n) is 10.0. The molecule has 0 spiro atoms. The van der Waals surface area contributed by atoms with E-state index in [-0.39, 0.29) is 11.8 Å². The number of nitrogens with one attached hydrogen (secondary N) is 2. The maximum absolute atomic E-state index is 12.5. The average molecular weight is 307 g/mol. The SMILES string of the molecule is O=C(c1c[nH]c2ccc(Br)cc12)C1CCCCN1. The van der Waals surface area contributed by atoms with E-state index in [1.54, 1.807) is 0 Å². The smallest absolute Gasteiger partial charge is 0.181 e. The molecule has 1 aliphatic rings. The number of benzene rings is 1. The quantitative estimate of drug-likeness (QED) is 0.837. The van der Waals surface area contributed by atoms with Crippen molar-refractivity contribution in [2.24, 2.45) is 0 Å². The van der Waals surface area contributed by atoms with E-state index in [1.165, 1.54) is 6.42 Å². The van der Waals surface area contributed by atoms with E-state index >= 15 is 0 Å². The normalized spacial score (nSPS) is 20.2. The summed E-state index contributed by atoms with van der Waals surface area (Å²) < 4.78 is 1.00. The molecule has 2 N–H and O–H groups in total. The molecule has 0 amide bonds. The molecule has 0 aliphatic carbocycles. The average Bonchev–Trinajstić information content (AvgIpc) is 2.82. The number of fused-ring (bicyclic) bond motifs is 1. The first-order valence-corrected chi connectivity index (χ1v) is 7.09. The maximum Gasteiger partial charge on any atom is 0.181 e. The lowest BCUT2D eigenvalue weighted by molar-refractivity contribution is 0.0929. The molecule has 18 heavy (non-hydrogen) atoms. The fourth-order valence-electron chi connectivity index (χ4n) is 2.56. The van der Waals surface area contributed by atoms with Gasteiger partial charge in [0.05, 0.1) is 6.04 Å². The molecule has 3 nitrogen and oxygen atoms in total. The van der Waals surface area contributed by atoms with E-state index < -0.39 is 0 Å². The zero-order chi connectivity index (χ0) is 12.5. The summed E-state index contributed by atoms with van der Waals surface area (Å²) in [6, 6.07) is 5.95. The zero-order valence-corrected chi connectivity index (χ0v) is 11.6. The lowest BCUT2D eigenvalue weighted by atomic mass is 9.96. The largest absolute Gasteiger partial charge is 0.360 e. The van der Waals surface area contributed by atoms with E-state index in [0.717, 1.165) is 40.3 Å². The lowest BCUT2D eigenvalue weighted by Crippen LogP contribution is -2.40. The van der Waals surface area contributed by atoms with Gasteiger partial charge >= 0.3 is 0 Å². The Bertz CT molecular complexity index is 584. The molecule has 2 heterocycles. The summed E-state index contributed by atoms with van der Waals surface area (Å²) in [4.78, 5) is 15.7. The maximum atomic E-state index is 12.5. The van der Waals surface area contributed by atoms with Crippen LogP contribution in [0.2, 0.25) is 0 Å². The molecule has 1 aliphatic heterocycles. The molecule has 1 aromatic carbocycles. The van der Waals surface area contributed by atoms with Crippen LogP contribution in [-0.4, -0.2) is 23.4 Å². The molecule has 0 saturated carbocycles. The third-order valence-corrected chi connectivity index (χ3v) is 4.03. The van der Waals surface area contributed by atoms with Crippen molar-refractivity contribution < 1.29 is 4.79 Å². The predicted octanol–water partition coefficient (Wildman–Crippen LogP) is 3.26. The predicted molar refractivity (Wildman–Crippen MR) is 76.0 cm³/mol. The second-order valence-electron chi connectivity index (χ2n) is 4.76. The van der Waals surface area contributed by atoms with Gasteiger partial charge < -0.3 is 10.3 Å². The van der Waals surface area contributed by atoms with E-state index in [2.05, 4.69) is 26.2 Å². The van der Waals surface area contributed by atoms with E-state index in [9.17, 15) is 4.79 Å². The van der Waals surface area contributed by atoms with Gasteiger partial charge in [-0.1, -0.05) is 22.4 Å². The molecule has 1 unspecified atom stereocenters. The van der Waals surface area contributed by atoms with Crippen LogP contribution in [0, 0.1) is 0 Å². The van der Waals surface area contributed by atoms with Gasteiger partial charge in [-0.25, -0.2) is 0 Å². The molecule has 1 saturated heterocycles. The summed E-state index contributed by atoms with van der Waals surface area (Å²) in [5, 5.41) is 4.31. The molecule has 1 fully saturated rings. The highest BCUT2D eigenvalue weighted by atomic mass is 79.9. The molecule has 94 valence electrons. The molecular weight excluding hydrogens is 292 g/mol. The van der Waals surface area contributed by atoms with Crippen molar-refractivity contribution in [3.63, 3.8) is 0 Å². The highest BCUT2D eigenvalue weighted by molar-refractivity contribution is 9.10. The van der Waals surface area contributed by atoms with Gasteiger partial charge in [-0.05, 0) is 37.6 Å². The topological polar surface area (TPSA) is 44.9 Å². The van der Waals surface area contributed by atoms with Gasteiger partial charge in [-0.2, -0.15) is 0 Å². The third kappa shape index (κ3) is 2.10. The fourth-order valence-corrected chi connectivity index (χ4v) is 2.92. The highest BCUT2D eigenvalue weighted by Gasteiger charge is 2.23. The van der Waals surface area contributed by atoms with Crippen LogP contribution in [0.25, 0.3) is 10.9 Å². The first-order valence-electron chi connectivity index (χ1n) is 6.30. The van der Waals surface area contributed by atoms with Crippen LogP contribution in [0.15, 0.2) is 28.9 Å². The summed E-state index contributed by atoms with van der Waals surface area (Å²) in [6.07, 6.45) is 5.08. The Hall–Kier alpha value is -1.13. The van der Waals surface area contributed by atoms with Crippen LogP contribution >= 0.6 is 15.9 Å². The number of halogens is 1. The third-order valence-electron chi connectivity index (χ3n) is 3.54. The Morgan fingerprint density at radius 2 is 2.22 bits per heavy atom. The molecule has 1 aromatic heterocycles. The fraction of sp³-hybridized carbons (Fsp3) is 0.357. The van der Waals surface area contributed by atoms with Gasteiger partial charge in [0, 0.05) is 27.1 Å². The second kappa shape index (κ2) is 4.86. The van der Waals surface area contributed by atoms with Crippen molar-refractivity contribution in [1.82, 2.24) is 10.3 Å². The van der Waals surface area contributed by atoms with Crippen molar-refractivity contribution in [2.75, 3.05) is 6.54 Å². The Morgan fingerprint density at radius 3 is 3.00 bits per heavy atom. The summed E-state index contributed by atoms with van der Waals surface area (Å²) in [5.41, 5.74) is 1.81. The van der Waals surface area contributed by atoms with Crippen LogP contribution < -0.4 is 5.32 Å². The van der Waals surface area contributed by atoms with Gasteiger partial charge in [0.2, 0.25) is 0 Å². The lowest BCUT2D eigenvalue weighted by Gasteiger charge is -2.21. The first kappa shape index (κ1) is 11.9. The van der Waals surface area contributed by atoms with Crippen molar-refractivity contribution in [3.05, 3.63) is 34.4 Å². The number of piperidine rings is 1. The standard InChI is InChI=1S/C14H15BrN2O/c15-9-4-5-12-10(7-9)11(8-17-12)14(18)13-3-1-2-6-16-13/h4-5,7-8,13,16-17H,1-3,6H2. The molecule has 1 atom stereocenters. The number of aromatic amines is 1. The Kier molecular flexibility index (Phi) is 3.22. The Labute approximate surface area is 114 Å². The summed E-state index contributed by atoms with van der Waals surface area (Å²) >= 11 is 3.46. The summed E-state index contributed by atoms with van der Waals surface area (Å²) in [6.45, 7) is 0.947. The minimum atomic E-state index is -0.0169. The van der Waals surface area contributed by atoms with Crippen molar-refractivity contribution >= 4 is 32.6 Å². The van der Waals surface area contributed by atoms with Crippen molar-refractivity contribution in [1.29, 1.82) is 0 Å². The van der Waals surface area contributed by atoms with Gasteiger partial charge in [-0.3, -0.25) is 4.79 Å². The van der Waals surface area contributed by atoms with Crippen molar-refractivity contribution in [3.8, 4) is 0 Å². The van der Waals surface area contributed by atoms with Gasteiger partial charge in [-0.15, -0.1) is 0 Å².